The molecule has 2 aromatic heterocycles. The monoisotopic (exact) mass is 314 g/mol. The molecule has 2 aromatic rings. The second kappa shape index (κ2) is 7.58. The summed E-state index contributed by atoms with van der Waals surface area (Å²) in [7, 11) is 3.86. The van der Waals surface area contributed by atoms with Crippen LogP contribution in [0.1, 0.15) is 28.5 Å². The minimum Gasteiger partial charge on any atom is -0.477 e. The van der Waals surface area contributed by atoms with E-state index in [9.17, 15) is 4.79 Å². The summed E-state index contributed by atoms with van der Waals surface area (Å²) in [6, 6.07) is 7.36. The van der Waals surface area contributed by atoms with Gasteiger partial charge in [-0.3, -0.25) is 4.79 Å². The van der Waals surface area contributed by atoms with Gasteiger partial charge in [-0.05, 0) is 43.7 Å². The van der Waals surface area contributed by atoms with Gasteiger partial charge in [-0.1, -0.05) is 0 Å². The number of nitrogens with zero attached hydrogens (tertiary/aromatic N) is 3. The third-order valence-electron chi connectivity index (χ3n) is 3.25. The molecule has 0 bridgehead atoms. The Kier molecular flexibility index (Phi) is 5.51. The van der Waals surface area contributed by atoms with Crippen LogP contribution in [-0.4, -0.2) is 36.6 Å². The summed E-state index contributed by atoms with van der Waals surface area (Å²) < 4.78 is 5.45. The maximum absolute atomic E-state index is 12.4. The number of rotatable bonds is 6. The summed E-state index contributed by atoms with van der Waals surface area (Å²) in [5, 5.41) is 2.89. The van der Waals surface area contributed by atoms with Crippen molar-refractivity contribution in [2.24, 2.45) is 0 Å². The number of carbonyl (C=O) groups is 1. The van der Waals surface area contributed by atoms with Crippen molar-refractivity contribution < 1.29 is 9.53 Å². The molecule has 0 saturated carbocycles. The van der Waals surface area contributed by atoms with E-state index >= 15 is 0 Å². The predicted octanol–water partition coefficient (Wildman–Crippen LogP) is 2.18. The molecular weight excluding hydrogens is 292 g/mol. The lowest BCUT2D eigenvalue weighted by Crippen LogP contribution is -2.24. The van der Waals surface area contributed by atoms with Crippen molar-refractivity contribution in [3.8, 4) is 5.88 Å². The zero-order valence-corrected chi connectivity index (χ0v) is 14.0. The highest BCUT2D eigenvalue weighted by Gasteiger charge is 2.14. The van der Waals surface area contributed by atoms with Crippen molar-refractivity contribution in [1.29, 1.82) is 0 Å². The van der Waals surface area contributed by atoms with Gasteiger partial charge in [-0.2, -0.15) is 0 Å². The molecule has 6 heteroatoms. The summed E-state index contributed by atoms with van der Waals surface area (Å²) in [5.41, 5.74) is 2.24. The average Bonchev–Trinajstić information content (AvgIpc) is 2.53. The molecule has 0 aliphatic carbocycles. The van der Waals surface area contributed by atoms with Crippen LogP contribution < -0.4 is 15.0 Å². The number of amides is 1. The molecule has 1 amide bonds. The molecule has 0 saturated heterocycles. The molecule has 122 valence electrons. The molecule has 1 N–H and O–H groups in total. The minimum atomic E-state index is -0.204. The fraction of sp³-hybridized carbons (Fsp3) is 0.353. The van der Waals surface area contributed by atoms with E-state index in [1.54, 1.807) is 18.3 Å². The van der Waals surface area contributed by atoms with Crippen molar-refractivity contribution in [1.82, 2.24) is 15.3 Å². The zero-order chi connectivity index (χ0) is 16.8. The zero-order valence-electron chi connectivity index (χ0n) is 14.0. The molecule has 23 heavy (non-hydrogen) atoms. The third kappa shape index (κ3) is 4.42. The van der Waals surface area contributed by atoms with Gasteiger partial charge in [0.2, 0.25) is 5.88 Å². The number of pyridine rings is 2. The average molecular weight is 314 g/mol. The molecule has 0 spiro atoms. The van der Waals surface area contributed by atoms with E-state index in [0.29, 0.717) is 24.6 Å². The second-order valence-corrected chi connectivity index (χ2v) is 5.34. The molecule has 0 aliphatic rings. The third-order valence-corrected chi connectivity index (χ3v) is 3.25. The summed E-state index contributed by atoms with van der Waals surface area (Å²) in [6.07, 6.45) is 1.73. The van der Waals surface area contributed by atoms with Crippen molar-refractivity contribution in [2.45, 2.75) is 20.4 Å². The summed E-state index contributed by atoms with van der Waals surface area (Å²) in [4.78, 5) is 22.8. The molecular formula is C17H22N4O2. The summed E-state index contributed by atoms with van der Waals surface area (Å²) in [5.74, 6) is 1.02. The molecule has 2 heterocycles. The van der Waals surface area contributed by atoms with Gasteiger partial charge in [-0.15, -0.1) is 0 Å². The minimum absolute atomic E-state index is 0.204. The van der Waals surface area contributed by atoms with Crippen LogP contribution in [0.4, 0.5) is 5.82 Å². The topological polar surface area (TPSA) is 67.3 Å². The molecule has 0 aromatic carbocycles. The van der Waals surface area contributed by atoms with Crippen molar-refractivity contribution >= 4 is 11.7 Å². The van der Waals surface area contributed by atoms with Crippen LogP contribution in [0.3, 0.4) is 0 Å². The van der Waals surface area contributed by atoms with Crippen LogP contribution in [0.25, 0.3) is 0 Å². The Morgan fingerprint density at radius 2 is 2.09 bits per heavy atom. The van der Waals surface area contributed by atoms with Gasteiger partial charge >= 0.3 is 0 Å². The van der Waals surface area contributed by atoms with Gasteiger partial charge in [0, 0.05) is 32.5 Å². The molecule has 0 unspecified atom stereocenters. The Balaban J connectivity index is 2.09. The molecule has 2 rings (SSSR count). The van der Waals surface area contributed by atoms with Crippen LogP contribution in [-0.2, 0) is 6.54 Å². The number of aryl methyl sites for hydroxylation is 1. The van der Waals surface area contributed by atoms with Crippen LogP contribution in [0.2, 0.25) is 0 Å². The lowest BCUT2D eigenvalue weighted by Gasteiger charge is -2.13. The van der Waals surface area contributed by atoms with Crippen LogP contribution >= 0.6 is 0 Å². The van der Waals surface area contributed by atoms with E-state index in [1.165, 1.54) is 0 Å². The van der Waals surface area contributed by atoms with E-state index in [-0.39, 0.29) is 5.91 Å². The normalized spacial score (nSPS) is 10.3. The van der Waals surface area contributed by atoms with Crippen molar-refractivity contribution in [2.75, 3.05) is 25.6 Å². The van der Waals surface area contributed by atoms with Crippen molar-refractivity contribution in [3.05, 3.63) is 47.3 Å². The first-order valence-electron chi connectivity index (χ1n) is 7.52. The Morgan fingerprint density at radius 3 is 2.78 bits per heavy atom. The van der Waals surface area contributed by atoms with Gasteiger partial charge in [0.1, 0.15) is 11.4 Å². The number of nitrogens with one attached hydrogen (secondary N) is 1. The number of ether oxygens (including phenoxy) is 1. The van der Waals surface area contributed by atoms with Gasteiger partial charge in [-0.25, -0.2) is 9.97 Å². The largest absolute Gasteiger partial charge is 0.477 e. The van der Waals surface area contributed by atoms with Gasteiger partial charge in [0.25, 0.3) is 5.91 Å². The smallest absolute Gasteiger partial charge is 0.257 e. The highest BCUT2D eigenvalue weighted by molar-refractivity contribution is 5.96. The fourth-order valence-corrected chi connectivity index (χ4v) is 2.05. The number of anilines is 1. The summed E-state index contributed by atoms with van der Waals surface area (Å²) in [6.45, 7) is 4.62. The summed E-state index contributed by atoms with van der Waals surface area (Å²) >= 11 is 0. The van der Waals surface area contributed by atoms with Crippen LogP contribution in [0.15, 0.2) is 30.5 Å². The maximum Gasteiger partial charge on any atom is 0.257 e. The van der Waals surface area contributed by atoms with E-state index in [2.05, 4.69) is 15.3 Å². The Hall–Kier alpha value is -2.63. The quantitative estimate of drug-likeness (QED) is 0.885. The van der Waals surface area contributed by atoms with E-state index in [4.69, 9.17) is 4.74 Å². The highest BCUT2D eigenvalue weighted by atomic mass is 16.5. The molecule has 0 fully saturated rings. The standard InChI is InChI=1S/C17H22N4O2/c1-5-23-17-14(7-6-12(2)20-17)16(22)19-11-13-8-9-18-15(10-13)21(3)4/h6-10H,5,11H2,1-4H3,(H,19,22). The first kappa shape index (κ1) is 16.7. The van der Waals surface area contributed by atoms with Crippen molar-refractivity contribution in [3.63, 3.8) is 0 Å². The lowest BCUT2D eigenvalue weighted by molar-refractivity contribution is 0.0946. The SMILES string of the molecule is CCOc1nc(C)ccc1C(=O)NCc1ccnc(N(C)C)c1. The number of hydrogen-bond donors (Lipinski definition) is 1. The van der Waals surface area contributed by atoms with Gasteiger partial charge < -0.3 is 15.0 Å². The van der Waals surface area contributed by atoms with E-state index < -0.39 is 0 Å². The number of carbonyl (C=O) groups excluding carboxylic acids is 1. The second-order valence-electron chi connectivity index (χ2n) is 5.34. The molecule has 0 radical (unpaired) electrons. The number of aromatic nitrogens is 2. The molecule has 0 aliphatic heterocycles. The van der Waals surface area contributed by atoms with Gasteiger partial charge in [0.05, 0.1) is 6.61 Å². The maximum atomic E-state index is 12.4. The van der Waals surface area contributed by atoms with Crippen LogP contribution in [0, 0.1) is 6.92 Å². The number of hydrogen-bond acceptors (Lipinski definition) is 5. The highest BCUT2D eigenvalue weighted by Crippen LogP contribution is 2.16. The Labute approximate surface area is 136 Å². The Morgan fingerprint density at radius 1 is 1.30 bits per heavy atom. The Bertz CT molecular complexity index is 686. The predicted molar refractivity (Wildman–Crippen MR) is 89.9 cm³/mol. The molecule has 6 nitrogen and oxygen atoms in total. The van der Waals surface area contributed by atoms with E-state index in [1.807, 2.05) is 45.0 Å². The lowest BCUT2D eigenvalue weighted by atomic mass is 10.2. The fourth-order valence-electron chi connectivity index (χ4n) is 2.05. The van der Waals surface area contributed by atoms with Crippen LogP contribution in [0.5, 0.6) is 5.88 Å². The van der Waals surface area contributed by atoms with Gasteiger partial charge in [0.15, 0.2) is 0 Å². The van der Waals surface area contributed by atoms with E-state index in [0.717, 1.165) is 17.1 Å². The molecule has 0 atom stereocenters. The first-order valence-corrected chi connectivity index (χ1v) is 7.52. The first-order chi connectivity index (χ1) is 11.0.